The molecule has 4 heteroatoms. The summed E-state index contributed by atoms with van der Waals surface area (Å²) < 4.78 is 17.4. The Kier molecular flexibility index (Phi) is 24.2. The molecule has 0 aromatic rings. The van der Waals surface area contributed by atoms with E-state index in [1.54, 1.807) is 0 Å². The molecule has 3 nitrogen and oxygen atoms in total. The molecular weight excluding hydrogens is 367 g/mol. The van der Waals surface area contributed by atoms with Crippen LogP contribution in [0.3, 0.4) is 0 Å². The Morgan fingerprint density at radius 1 is 0.464 bits per heavy atom. The summed E-state index contributed by atoms with van der Waals surface area (Å²) in [7, 11) is -1.30. The second kappa shape index (κ2) is 24.6. The van der Waals surface area contributed by atoms with E-state index in [1.165, 1.54) is 57.8 Å². The maximum absolute atomic E-state index is 5.80. The highest BCUT2D eigenvalue weighted by molar-refractivity contribution is 7.41. The first kappa shape index (κ1) is 27.5. The summed E-state index contributed by atoms with van der Waals surface area (Å²) in [5, 5.41) is 0. The van der Waals surface area contributed by atoms with Crippen LogP contribution in [0.15, 0.2) is 36.5 Å². The third-order valence-electron chi connectivity index (χ3n) is 4.25. The normalized spacial score (nSPS) is 13.4. The van der Waals surface area contributed by atoms with Gasteiger partial charge in [0.1, 0.15) is 0 Å². The lowest BCUT2D eigenvalue weighted by Crippen LogP contribution is -1.96. The molecule has 0 aromatic carbocycles. The average Bonchev–Trinajstić information content (AvgIpc) is 2.71. The third-order valence-corrected chi connectivity index (χ3v) is 5.33. The number of unbranched alkanes of at least 4 members (excludes halogenated alkanes) is 9. The van der Waals surface area contributed by atoms with Gasteiger partial charge in [0.25, 0.3) is 0 Å². The van der Waals surface area contributed by atoms with Crippen LogP contribution in [0.25, 0.3) is 0 Å². The standard InChI is InChI=1S/C24H45O3P/c1-4-7-10-13-16-19-22-25-28(26-23-20-17-14-11-8-5-2)27-24-21-18-15-12-9-6-3/h16-21H,4-15,22-24H2,1-3H3. The van der Waals surface area contributed by atoms with E-state index in [4.69, 9.17) is 13.6 Å². The SMILES string of the molecule is CCCCCC=CCOP(OCC=CCCCCC)OCC=CCCCCC. The molecule has 0 unspecified atom stereocenters. The summed E-state index contributed by atoms with van der Waals surface area (Å²) in [6.45, 7) is 8.34. The van der Waals surface area contributed by atoms with E-state index in [1.807, 2.05) is 0 Å². The number of rotatable bonds is 21. The highest BCUT2D eigenvalue weighted by Gasteiger charge is 2.10. The van der Waals surface area contributed by atoms with Gasteiger partial charge >= 0.3 is 8.60 Å². The summed E-state index contributed by atoms with van der Waals surface area (Å²) in [4.78, 5) is 0. The molecule has 0 spiro atoms. The van der Waals surface area contributed by atoms with Gasteiger partial charge in [-0.25, -0.2) is 0 Å². The first-order valence-electron chi connectivity index (χ1n) is 11.5. The summed E-state index contributed by atoms with van der Waals surface area (Å²) in [5.41, 5.74) is 0. The van der Waals surface area contributed by atoms with E-state index in [9.17, 15) is 0 Å². The Labute approximate surface area is 176 Å². The quantitative estimate of drug-likeness (QED) is 0.107. The molecule has 0 atom stereocenters. The Morgan fingerprint density at radius 3 is 1.07 bits per heavy atom. The smallest absolute Gasteiger partial charge is 0.308 e. The van der Waals surface area contributed by atoms with Gasteiger partial charge in [-0.15, -0.1) is 0 Å². The van der Waals surface area contributed by atoms with Gasteiger partial charge in [-0.05, 0) is 38.5 Å². The van der Waals surface area contributed by atoms with Crippen molar-refractivity contribution in [3.63, 3.8) is 0 Å². The lowest BCUT2D eigenvalue weighted by Gasteiger charge is -2.14. The molecule has 28 heavy (non-hydrogen) atoms. The summed E-state index contributed by atoms with van der Waals surface area (Å²) >= 11 is 0. The zero-order chi connectivity index (χ0) is 20.5. The maximum atomic E-state index is 5.80. The minimum absolute atomic E-state index is 0.554. The van der Waals surface area contributed by atoms with Gasteiger partial charge in [0.05, 0.1) is 19.8 Å². The molecule has 0 aromatic heterocycles. The highest BCUT2D eigenvalue weighted by atomic mass is 31.2. The molecule has 0 radical (unpaired) electrons. The fourth-order valence-electron chi connectivity index (χ4n) is 2.52. The van der Waals surface area contributed by atoms with Crippen LogP contribution >= 0.6 is 8.60 Å². The van der Waals surface area contributed by atoms with Crippen molar-refractivity contribution in [2.45, 2.75) is 97.8 Å². The molecule has 0 aliphatic rings. The van der Waals surface area contributed by atoms with Gasteiger partial charge in [0, 0.05) is 0 Å². The van der Waals surface area contributed by atoms with Gasteiger partial charge in [-0.1, -0.05) is 95.8 Å². The van der Waals surface area contributed by atoms with Crippen LogP contribution in [0, 0.1) is 0 Å². The van der Waals surface area contributed by atoms with Crippen LogP contribution in [-0.2, 0) is 13.6 Å². The van der Waals surface area contributed by atoms with Crippen LogP contribution in [0.1, 0.15) is 97.8 Å². The van der Waals surface area contributed by atoms with Crippen molar-refractivity contribution in [1.82, 2.24) is 0 Å². The van der Waals surface area contributed by atoms with E-state index in [0.717, 1.165) is 19.3 Å². The van der Waals surface area contributed by atoms with Gasteiger partial charge in [0.2, 0.25) is 0 Å². The van der Waals surface area contributed by atoms with Crippen molar-refractivity contribution in [2.24, 2.45) is 0 Å². The summed E-state index contributed by atoms with van der Waals surface area (Å²) in [6.07, 6.45) is 27.6. The Bertz CT molecular complexity index is 323. The maximum Gasteiger partial charge on any atom is 0.333 e. The van der Waals surface area contributed by atoms with Crippen molar-refractivity contribution in [3.05, 3.63) is 36.5 Å². The van der Waals surface area contributed by atoms with Crippen molar-refractivity contribution >= 4 is 8.60 Å². The molecule has 0 aliphatic carbocycles. The van der Waals surface area contributed by atoms with Crippen LogP contribution in [0.4, 0.5) is 0 Å². The molecule has 0 saturated carbocycles. The minimum Gasteiger partial charge on any atom is -0.308 e. The predicted molar refractivity (Wildman–Crippen MR) is 125 cm³/mol. The molecule has 0 amide bonds. The molecule has 0 bridgehead atoms. The molecule has 0 rings (SSSR count). The first-order valence-corrected chi connectivity index (χ1v) is 12.6. The van der Waals surface area contributed by atoms with Gasteiger partial charge in [-0.2, -0.15) is 0 Å². The van der Waals surface area contributed by atoms with Crippen LogP contribution in [0.2, 0.25) is 0 Å². The van der Waals surface area contributed by atoms with Crippen LogP contribution < -0.4 is 0 Å². The van der Waals surface area contributed by atoms with Crippen molar-refractivity contribution in [3.8, 4) is 0 Å². The largest absolute Gasteiger partial charge is 0.333 e. The van der Waals surface area contributed by atoms with Crippen LogP contribution in [-0.4, -0.2) is 19.8 Å². The minimum atomic E-state index is -1.30. The van der Waals surface area contributed by atoms with E-state index in [0.29, 0.717) is 19.8 Å². The average molecular weight is 413 g/mol. The fourth-order valence-corrected chi connectivity index (χ4v) is 3.36. The molecule has 0 heterocycles. The Balaban J connectivity index is 4.07. The van der Waals surface area contributed by atoms with E-state index >= 15 is 0 Å². The number of hydrogen-bond acceptors (Lipinski definition) is 3. The molecular formula is C24H45O3P. The predicted octanol–water partition coefficient (Wildman–Crippen LogP) is 8.67. The molecule has 164 valence electrons. The molecule has 0 N–H and O–H groups in total. The van der Waals surface area contributed by atoms with Crippen molar-refractivity contribution in [1.29, 1.82) is 0 Å². The molecule has 0 saturated heterocycles. The van der Waals surface area contributed by atoms with E-state index in [-0.39, 0.29) is 0 Å². The lowest BCUT2D eigenvalue weighted by molar-refractivity contribution is 0.194. The lowest BCUT2D eigenvalue weighted by atomic mass is 10.2. The van der Waals surface area contributed by atoms with Gasteiger partial charge < -0.3 is 13.6 Å². The van der Waals surface area contributed by atoms with Crippen molar-refractivity contribution in [2.75, 3.05) is 19.8 Å². The summed E-state index contributed by atoms with van der Waals surface area (Å²) in [5.74, 6) is 0. The molecule has 0 aliphatic heterocycles. The number of hydrogen-bond donors (Lipinski definition) is 0. The second-order valence-electron chi connectivity index (χ2n) is 7.01. The second-order valence-corrected chi connectivity index (χ2v) is 8.23. The monoisotopic (exact) mass is 412 g/mol. The molecule has 0 fully saturated rings. The Hall–Kier alpha value is -0.470. The topological polar surface area (TPSA) is 27.7 Å². The Morgan fingerprint density at radius 2 is 0.786 bits per heavy atom. The van der Waals surface area contributed by atoms with E-state index < -0.39 is 8.60 Å². The van der Waals surface area contributed by atoms with Crippen molar-refractivity contribution < 1.29 is 13.6 Å². The summed E-state index contributed by atoms with van der Waals surface area (Å²) in [6, 6.07) is 0. The fraction of sp³-hybridized carbons (Fsp3) is 0.750. The highest BCUT2D eigenvalue weighted by Crippen LogP contribution is 2.39. The zero-order valence-electron chi connectivity index (χ0n) is 18.7. The van der Waals surface area contributed by atoms with Gasteiger partial charge in [-0.3, -0.25) is 0 Å². The van der Waals surface area contributed by atoms with Gasteiger partial charge in [0.15, 0.2) is 0 Å². The number of allylic oxidation sites excluding steroid dienone is 3. The van der Waals surface area contributed by atoms with Crippen LogP contribution in [0.5, 0.6) is 0 Å². The van der Waals surface area contributed by atoms with E-state index in [2.05, 4.69) is 57.2 Å². The zero-order valence-corrected chi connectivity index (χ0v) is 19.6. The first-order chi connectivity index (χ1) is 13.8. The third kappa shape index (κ3) is 21.8.